The fraction of sp³-hybridized carbons (Fsp3) is 0.143. The molecule has 0 saturated carbocycles. The molecule has 0 N–H and O–H groups in total. The van der Waals surface area contributed by atoms with Crippen LogP contribution in [-0.4, -0.2) is 20.3 Å². The molecule has 1 saturated heterocycles. The first-order valence-corrected chi connectivity index (χ1v) is 8.65. The summed E-state index contributed by atoms with van der Waals surface area (Å²) in [5.74, 6) is 0. The van der Waals surface area contributed by atoms with Crippen molar-refractivity contribution in [2.24, 2.45) is 0 Å². The van der Waals surface area contributed by atoms with E-state index >= 15 is 0 Å². The summed E-state index contributed by atoms with van der Waals surface area (Å²) in [7, 11) is -0.246. The average Bonchev–Trinajstić information content (AvgIpc) is 2.71. The van der Waals surface area contributed by atoms with Crippen molar-refractivity contribution in [1.82, 2.24) is 0 Å². The van der Waals surface area contributed by atoms with Crippen LogP contribution in [0.1, 0.15) is 6.42 Å². The molecule has 3 aromatic rings. The molecule has 1 fully saturated rings. The van der Waals surface area contributed by atoms with Gasteiger partial charge in [-0.25, -0.2) is 0 Å². The molecular formula is C21H20BNO2. The number of benzene rings is 3. The number of hydrogen-bond donors (Lipinski definition) is 0. The summed E-state index contributed by atoms with van der Waals surface area (Å²) in [5, 5.41) is 0. The van der Waals surface area contributed by atoms with Crippen LogP contribution in [0.4, 0.5) is 17.1 Å². The van der Waals surface area contributed by atoms with Crippen LogP contribution in [0.5, 0.6) is 0 Å². The molecule has 1 heterocycles. The SMILES string of the molecule is c1ccc(N(c2ccccc2)c2ccc(B3OCCCO3)cc2)cc1. The minimum absolute atomic E-state index is 0.246. The fourth-order valence-electron chi connectivity index (χ4n) is 3.06. The Bertz CT molecular complexity index is 748. The number of rotatable bonds is 4. The summed E-state index contributed by atoms with van der Waals surface area (Å²) in [4.78, 5) is 2.24. The second-order valence-electron chi connectivity index (χ2n) is 6.03. The lowest BCUT2D eigenvalue weighted by atomic mass is 9.78. The maximum Gasteiger partial charge on any atom is 0.493 e. The lowest BCUT2D eigenvalue weighted by Gasteiger charge is -2.26. The van der Waals surface area contributed by atoms with Gasteiger partial charge in [0.25, 0.3) is 0 Å². The van der Waals surface area contributed by atoms with Gasteiger partial charge in [-0.1, -0.05) is 48.5 Å². The van der Waals surface area contributed by atoms with E-state index < -0.39 is 0 Å². The predicted molar refractivity (Wildman–Crippen MR) is 103 cm³/mol. The second kappa shape index (κ2) is 7.56. The van der Waals surface area contributed by atoms with Crippen molar-refractivity contribution < 1.29 is 9.31 Å². The molecule has 0 amide bonds. The van der Waals surface area contributed by atoms with Crippen molar-refractivity contribution >= 4 is 29.6 Å². The van der Waals surface area contributed by atoms with Gasteiger partial charge in [-0.15, -0.1) is 0 Å². The van der Waals surface area contributed by atoms with Crippen LogP contribution >= 0.6 is 0 Å². The van der Waals surface area contributed by atoms with Crippen molar-refractivity contribution in [3.63, 3.8) is 0 Å². The molecule has 0 spiro atoms. The molecule has 3 nitrogen and oxygen atoms in total. The monoisotopic (exact) mass is 329 g/mol. The van der Waals surface area contributed by atoms with E-state index in [-0.39, 0.29) is 7.12 Å². The van der Waals surface area contributed by atoms with E-state index in [0.29, 0.717) is 0 Å². The molecule has 4 heteroatoms. The first kappa shape index (κ1) is 15.9. The molecule has 0 aromatic heterocycles. The average molecular weight is 329 g/mol. The Hall–Kier alpha value is -2.56. The topological polar surface area (TPSA) is 21.7 Å². The van der Waals surface area contributed by atoms with Crippen molar-refractivity contribution in [2.45, 2.75) is 6.42 Å². The van der Waals surface area contributed by atoms with E-state index in [1.54, 1.807) is 0 Å². The van der Waals surface area contributed by atoms with Gasteiger partial charge in [0.15, 0.2) is 0 Å². The van der Waals surface area contributed by atoms with Crippen LogP contribution in [0.15, 0.2) is 84.9 Å². The van der Waals surface area contributed by atoms with Crippen LogP contribution in [0.25, 0.3) is 0 Å². The van der Waals surface area contributed by atoms with Crippen molar-refractivity contribution in [3.8, 4) is 0 Å². The minimum atomic E-state index is -0.246. The fourth-order valence-corrected chi connectivity index (χ4v) is 3.06. The van der Waals surface area contributed by atoms with E-state index in [1.165, 1.54) is 0 Å². The van der Waals surface area contributed by atoms with Gasteiger partial charge < -0.3 is 14.2 Å². The second-order valence-corrected chi connectivity index (χ2v) is 6.03. The summed E-state index contributed by atoms with van der Waals surface area (Å²) >= 11 is 0. The first-order valence-electron chi connectivity index (χ1n) is 8.65. The lowest BCUT2D eigenvalue weighted by molar-refractivity contribution is 0.143. The third kappa shape index (κ3) is 3.60. The summed E-state index contributed by atoms with van der Waals surface area (Å²) in [6.07, 6.45) is 0.963. The molecule has 124 valence electrons. The molecule has 0 radical (unpaired) electrons. The Morgan fingerprint density at radius 1 is 0.600 bits per heavy atom. The Balaban J connectivity index is 1.68. The van der Waals surface area contributed by atoms with E-state index in [0.717, 1.165) is 42.2 Å². The molecule has 0 atom stereocenters. The van der Waals surface area contributed by atoms with Crippen LogP contribution in [0.3, 0.4) is 0 Å². The molecule has 4 rings (SSSR count). The zero-order chi connectivity index (χ0) is 16.9. The quantitative estimate of drug-likeness (QED) is 0.667. The molecular weight excluding hydrogens is 309 g/mol. The van der Waals surface area contributed by atoms with Gasteiger partial charge in [0.1, 0.15) is 0 Å². The van der Waals surface area contributed by atoms with Gasteiger partial charge in [0.05, 0.1) is 0 Å². The number of anilines is 3. The predicted octanol–water partition coefficient (Wildman–Crippen LogP) is 4.29. The molecule has 3 aromatic carbocycles. The van der Waals surface area contributed by atoms with Gasteiger partial charge in [-0.2, -0.15) is 0 Å². The molecule has 0 unspecified atom stereocenters. The maximum atomic E-state index is 5.70. The normalized spacial score (nSPS) is 14.3. The molecule has 25 heavy (non-hydrogen) atoms. The summed E-state index contributed by atoms with van der Waals surface area (Å²) in [6, 6.07) is 29.2. The first-order chi connectivity index (χ1) is 12.4. The van der Waals surface area contributed by atoms with E-state index in [4.69, 9.17) is 9.31 Å². The zero-order valence-electron chi connectivity index (χ0n) is 14.0. The van der Waals surface area contributed by atoms with Gasteiger partial charge >= 0.3 is 7.12 Å². The van der Waals surface area contributed by atoms with E-state index in [2.05, 4.69) is 77.7 Å². The smallest absolute Gasteiger partial charge is 0.407 e. The molecule has 1 aliphatic heterocycles. The Morgan fingerprint density at radius 2 is 1.08 bits per heavy atom. The van der Waals surface area contributed by atoms with Gasteiger partial charge in [0.2, 0.25) is 0 Å². The van der Waals surface area contributed by atoms with E-state index in [9.17, 15) is 0 Å². The lowest BCUT2D eigenvalue weighted by Crippen LogP contribution is -2.40. The highest BCUT2D eigenvalue weighted by Crippen LogP contribution is 2.33. The molecule has 0 bridgehead atoms. The largest absolute Gasteiger partial charge is 0.493 e. The third-order valence-electron chi connectivity index (χ3n) is 4.28. The Labute approximate surface area is 149 Å². The van der Waals surface area contributed by atoms with Crippen LogP contribution in [-0.2, 0) is 9.31 Å². The third-order valence-corrected chi connectivity index (χ3v) is 4.28. The van der Waals surface area contributed by atoms with Crippen LogP contribution < -0.4 is 10.4 Å². The molecule has 1 aliphatic rings. The summed E-state index contributed by atoms with van der Waals surface area (Å²) in [6.45, 7) is 1.51. The van der Waals surface area contributed by atoms with Crippen LogP contribution in [0, 0.1) is 0 Å². The number of hydrogen-bond acceptors (Lipinski definition) is 3. The van der Waals surface area contributed by atoms with Gasteiger partial charge in [-0.05, 0) is 48.3 Å². The highest BCUT2D eigenvalue weighted by atomic mass is 16.6. The van der Waals surface area contributed by atoms with Crippen molar-refractivity contribution in [2.75, 3.05) is 18.1 Å². The van der Waals surface area contributed by atoms with Gasteiger partial charge in [-0.3, -0.25) is 0 Å². The van der Waals surface area contributed by atoms with Crippen LogP contribution in [0.2, 0.25) is 0 Å². The number of para-hydroxylation sites is 2. The molecule has 0 aliphatic carbocycles. The maximum absolute atomic E-state index is 5.70. The summed E-state index contributed by atoms with van der Waals surface area (Å²) in [5.41, 5.74) is 4.43. The summed E-state index contributed by atoms with van der Waals surface area (Å²) < 4.78 is 11.4. The highest BCUT2D eigenvalue weighted by molar-refractivity contribution is 6.61. The number of nitrogens with zero attached hydrogens (tertiary/aromatic N) is 1. The van der Waals surface area contributed by atoms with Crippen molar-refractivity contribution in [1.29, 1.82) is 0 Å². The van der Waals surface area contributed by atoms with Gasteiger partial charge in [0, 0.05) is 30.3 Å². The van der Waals surface area contributed by atoms with E-state index in [1.807, 2.05) is 12.1 Å². The zero-order valence-corrected chi connectivity index (χ0v) is 14.0. The van der Waals surface area contributed by atoms with Crippen molar-refractivity contribution in [3.05, 3.63) is 84.9 Å². The Morgan fingerprint density at radius 3 is 1.60 bits per heavy atom. The standard InChI is InChI=1S/C21H20BNO2/c1-3-8-19(9-4-1)23(20-10-5-2-6-11-20)21-14-12-18(13-15-21)22-24-16-7-17-25-22/h1-6,8-15H,7,16-17H2. The highest BCUT2D eigenvalue weighted by Gasteiger charge is 2.24. The Kier molecular flexibility index (Phi) is 4.82. The minimum Gasteiger partial charge on any atom is -0.407 e.